The summed E-state index contributed by atoms with van der Waals surface area (Å²) < 4.78 is 4.83. The molecule has 1 unspecified atom stereocenters. The van der Waals surface area contributed by atoms with E-state index in [9.17, 15) is 9.59 Å². The van der Waals surface area contributed by atoms with Crippen molar-refractivity contribution in [1.29, 1.82) is 0 Å². The van der Waals surface area contributed by atoms with Crippen molar-refractivity contribution in [1.82, 2.24) is 5.32 Å². The third-order valence-corrected chi connectivity index (χ3v) is 2.54. The minimum absolute atomic E-state index is 0.00651. The van der Waals surface area contributed by atoms with Gasteiger partial charge in [-0.2, -0.15) is 0 Å². The average Bonchev–Trinajstić information content (AvgIpc) is 2.36. The first-order chi connectivity index (χ1) is 9.02. The average molecular weight is 265 g/mol. The summed E-state index contributed by atoms with van der Waals surface area (Å²) in [6.07, 6.45) is 0. The van der Waals surface area contributed by atoms with E-state index in [1.54, 1.807) is 19.1 Å². The van der Waals surface area contributed by atoms with Crippen LogP contribution in [0, 0.1) is 0 Å². The molecule has 0 aromatic heterocycles. The Hall–Kier alpha value is -2.08. The van der Waals surface area contributed by atoms with Gasteiger partial charge >= 0.3 is 12.0 Å². The van der Waals surface area contributed by atoms with Crippen LogP contribution in [0.3, 0.4) is 0 Å². The lowest BCUT2D eigenvalue weighted by Gasteiger charge is -2.14. The predicted molar refractivity (Wildman–Crippen MR) is 72.7 cm³/mol. The van der Waals surface area contributed by atoms with Crippen molar-refractivity contribution in [2.45, 2.75) is 19.9 Å². The molecule has 1 rings (SSSR count). The fraction of sp³-hybridized carbons (Fsp3) is 0.385. The zero-order valence-electron chi connectivity index (χ0n) is 11.1. The van der Waals surface area contributed by atoms with E-state index >= 15 is 0 Å². The second-order valence-corrected chi connectivity index (χ2v) is 4.02. The van der Waals surface area contributed by atoms with Crippen molar-refractivity contribution in [3.05, 3.63) is 29.8 Å². The molecular weight excluding hydrogens is 246 g/mol. The minimum Gasteiger partial charge on any atom is -0.465 e. The maximum Gasteiger partial charge on any atom is 0.319 e. The van der Waals surface area contributed by atoms with Crippen LogP contribution >= 0.6 is 0 Å². The van der Waals surface area contributed by atoms with Crippen LogP contribution in [-0.2, 0) is 9.53 Å². The number of nitrogens with two attached hydrogens (primary N) is 1. The summed E-state index contributed by atoms with van der Waals surface area (Å²) in [7, 11) is 0. The Bertz CT molecular complexity index is 431. The first-order valence-corrected chi connectivity index (χ1v) is 6.08. The lowest BCUT2D eigenvalue weighted by Crippen LogP contribution is -2.27. The lowest BCUT2D eigenvalue weighted by atomic mass is 10.1. The van der Waals surface area contributed by atoms with E-state index in [1.165, 1.54) is 0 Å². The molecule has 0 saturated carbocycles. The fourth-order valence-electron chi connectivity index (χ4n) is 1.56. The van der Waals surface area contributed by atoms with Crippen LogP contribution in [0.15, 0.2) is 24.3 Å². The molecule has 1 aromatic carbocycles. The van der Waals surface area contributed by atoms with E-state index < -0.39 is 6.03 Å². The zero-order chi connectivity index (χ0) is 14.3. The molecular formula is C13H19N3O3. The Morgan fingerprint density at radius 1 is 1.32 bits per heavy atom. The summed E-state index contributed by atoms with van der Waals surface area (Å²) in [4.78, 5) is 21.9. The van der Waals surface area contributed by atoms with Crippen molar-refractivity contribution in [3.8, 4) is 0 Å². The number of nitrogens with one attached hydrogen (secondary N) is 2. The molecule has 19 heavy (non-hydrogen) atoms. The largest absolute Gasteiger partial charge is 0.465 e. The Kier molecular flexibility index (Phi) is 5.81. The Morgan fingerprint density at radius 3 is 2.47 bits per heavy atom. The number of carbonyl (C=O) groups is 2. The SMILES string of the molecule is CCOC(=O)CNC(C)c1ccc(NC(N)=O)cc1. The minimum atomic E-state index is -0.596. The van der Waals surface area contributed by atoms with Gasteiger partial charge in [0.15, 0.2) is 0 Å². The van der Waals surface area contributed by atoms with Gasteiger partial charge in [-0.25, -0.2) is 4.79 Å². The molecule has 104 valence electrons. The molecule has 6 heteroatoms. The summed E-state index contributed by atoms with van der Waals surface area (Å²) in [5.74, 6) is -0.277. The van der Waals surface area contributed by atoms with E-state index in [0.29, 0.717) is 12.3 Å². The van der Waals surface area contributed by atoms with Gasteiger partial charge in [0.1, 0.15) is 0 Å². The Labute approximate surface area is 112 Å². The van der Waals surface area contributed by atoms with Gasteiger partial charge in [-0.1, -0.05) is 12.1 Å². The van der Waals surface area contributed by atoms with Crippen LogP contribution in [0.4, 0.5) is 10.5 Å². The van der Waals surface area contributed by atoms with Crippen LogP contribution < -0.4 is 16.4 Å². The smallest absolute Gasteiger partial charge is 0.319 e. The molecule has 0 spiro atoms. The van der Waals surface area contributed by atoms with Crippen LogP contribution in [0.5, 0.6) is 0 Å². The van der Waals surface area contributed by atoms with Gasteiger partial charge in [-0.3, -0.25) is 4.79 Å². The number of carbonyl (C=O) groups excluding carboxylic acids is 2. The molecule has 0 fully saturated rings. The van der Waals surface area contributed by atoms with E-state index in [2.05, 4.69) is 10.6 Å². The van der Waals surface area contributed by atoms with E-state index in [0.717, 1.165) is 5.56 Å². The maximum absolute atomic E-state index is 11.2. The topological polar surface area (TPSA) is 93.4 Å². The zero-order valence-corrected chi connectivity index (χ0v) is 11.1. The van der Waals surface area contributed by atoms with Crippen LogP contribution in [0.2, 0.25) is 0 Å². The fourth-order valence-corrected chi connectivity index (χ4v) is 1.56. The van der Waals surface area contributed by atoms with Gasteiger partial charge < -0.3 is 21.1 Å². The van der Waals surface area contributed by atoms with Crippen molar-refractivity contribution in [2.75, 3.05) is 18.5 Å². The highest BCUT2D eigenvalue weighted by atomic mass is 16.5. The molecule has 0 radical (unpaired) electrons. The quantitative estimate of drug-likeness (QED) is 0.677. The molecule has 2 amide bonds. The second kappa shape index (κ2) is 7.38. The highest BCUT2D eigenvalue weighted by Crippen LogP contribution is 2.15. The van der Waals surface area contributed by atoms with Gasteiger partial charge in [0.2, 0.25) is 0 Å². The molecule has 0 aliphatic rings. The van der Waals surface area contributed by atoms with E-state index in [1.807, 2.05) is 19.1 Å². The molecule has 0 aliphatic carbocycles. The summed E-state index contributed by atoms with van der Waals surface area (Å²) in [5.41, 5.74) is 6.65. The van der Waals surface area contributed by atoms with E-state index in [-0.39, 0.29) is 18.6 Å². The first kappa shape index (κ1) is 15.0. The number of primary amides is 1. The molecule has 6 nitrogen and oxygen atoms in total. The molecule has 4 N–H and O–H groups in total. The summed E-state index contributed by atoms with van der Waals surface area (Å²) in [6.45, 7) is 4.25. The van der Waals surface area contributed by atoms with Crippen LogP contribution in [0.1, 0.15) is 25.5 Å². The Morgan fingerprint density at radius 2 is 1.95 bits per heavy atom. The predicted octanol–water partition coefficient (Wildman–Crippen LogP) is 1.39. The third kappa shape index (κ3) is 5.39. The van der Waals surface area contributed by atoms with Crippen LogP contribution in [0.25, 0.3) is 0 Å². The lowest BCUT2D eigenvalue weighted by molar-refractivity contribution is -0.142. The Balaban J connectivity index is 2.50. The normalized spacial score (nSPS) is 11.7. The summed E-state index contributed by atoms with van der Waals surface area (Å²) in [5, 5.41) is 5.54. The van der Waals surface area contributed by atoms with Gasteiger partial charge in [0, 0.05) is 11.7 Å². The molecule has 0 heterocycles. The number of hydrogen-bond donors (Lipinski definition) is 3. The second-order valence-electron chi connectivity index (χ2n) is 4.02. The van der Waals surface area contributed by atoms with Gasteiger partial charge in [-0.05, 0) is 31.5 Å². The molecule has 0 aliphatic heterocycles. The first-order valence-electron chi connectivity index (χ1n) is 6.08. The van der Waals surface area contributed by atoms with Crippen molar-refractivity contribution in [2.24, 2.45) is 5.73 Å². The third-order valence-electron chi connectivity index (χ3n) is 2.54. The highest BCUT2D eigenvalue weighted by Gasteiger charge is 2.08. The summed E-state index contributed by atoms with van der Waals surface area (Å²) in [6, 6.07) is 6.63. The van der Waals surface area contributed by atoms with Gasteiger partial charge in [-0.15, -0.1) is 0 Å². The summed E-state index contributed by atoms with van der Waals surface area (Å²) >= 11 is 0. The van der Waals surface area contributed by atoms with Crippen molar-refractivity contribution in [3.63, 3.8) is 0 Å². The van der Waals surface area contributed by atoms with Gasteiger partial charge in [0.05, 0.1) is 13.2 Å². The number of ether oxygens (including phenoxy) is 1. The molecule has 1 aromatic rings. The number of amides is 2. The number of anilines is 1. The monoisotopic (exact) mass is 265 g/mol. The number of urea groups is 1. The van der Waals surface area contributed by atoms with Crippen molar-refractivity contribution >= 4 is 17.7 Å². The number of benzene rings is 1. The standard InChI is InChI=1S/C13H19N3O3/c1-3-19-12(17)8-15-9(2)10-4-6-11(7-5-10)16-13(14)18/h4-7,9,15H,3,8H2,1-2H3,(H3,14,16,18). The molecule has 0 bridgehead atoms. The molecule has 1 atom stereocenters. The number of hydrogen-bond acceptors (Lipinski definition) is 4. The van der Waals surface area contributed by atoms with Crippen LogP contribution in [-0.4, -0.2) is 25.2 Å². The molecule has 0 saturated heterocycles. The number of esters is 1. The number of rotatable bonds is 6. The van der Waals surface area contributed by atoms with Crippen molar-refractivity contribution < 1.29 is 14.3 Å². The highest BCUT2D eigenvalue weighted by molar-refractivity contribution is 5.87. The van der Waals surface area contributed by atoms with Gasteiger partial charge in [0.25, 0.3) is 0 Å². The maximum atomic E-state index is 11.2. The van der Waals surface area contributed by atoms with E-state index in [4.69, 9.17) is 10.5 Å².